The van der Waals surface area contributed by atoms with E-state index in [2.05, 4.69) is 10.3 Å². The van der Waals surface area contributed by atoms with Crippen LogP contribution in [0.15, 0.2) is 4.79 Å². The molecule has 1 aliphatic heterocycles. The summed E-state index contributed by atoms with van der Waals surface area (Å²) in [6.45, 7) is 4.37. The van der Waals surface area contributed by atoms with Crippen LogP contribution in [0.4, 0.5) is 0 Å². The van der Waals surface area contributed by atoms with Gasteiger partial charge in [0.25, 0.3) is 11.5 Å². The van der Waals surface area contributed by atoms with Crippen molar-refractivity contribution < 1.29 is 14.7 Å². The SMILES string of the molecule is CCCC[C@H](NC(=O)c1sc2nc3n(c(=O)c2c1C)CCCCC3)C(=O)O. The first kappa shape index (κ1) is 19.5. The van der Waals surface area contributed by atoms with Crippen molar-refractivity contribution >= 4 is 33.4 Å². The number of hydrogen-bond acceptors (Lipinski definition) is 5. The van der Waals surface area contributed by atoms with Gasteiger partial charge in [-0.15, -0.1) is 11.3 Å². The lowest BCUT2D eigenvalue weighted by atomic mass is 10.1. The van der Waals surface area contributed by atoms with Crippen molar-refractivity contribution in [3.63, 3.8) is 0 Å². The maximum Gasteiger partial charge on any atom is 0.326 e. The smallest absolute Gasteiger partial charge is 0.326 e. The van der Waals surface area contributed by atoms with Gasteiger partial charge >= 0.3 is 5.97 Å². The molecule has 2 aromatic heterocycles. The molecule has 0 unspecified atom stereocenters. The molecule has 0 spiro atoms. The number of carbonyl (C=O) groups excluding carboxylic acids is 1. The standard InChI is InChI=1S/C19H25N3O4S/c1-3-4-8-12(19(25)26)20-16(23)15-11(2)14-17(27-15)21-13-9-6-5-7-10-22(13)18(14)24/h12H,3-10H2,1-2H3,(H,20,23)(H,25,26)/t12-/m0/s1. The molecule has 7 nitrogen and oxygen atoms in total. The van der Waals surface area contributed by atoms with Crippen molar-refractivity contribution in [2.45, 2.75) is 71.4 Å². The minimum absolute atomic E-state index is 0.0922. The molecule has 1 atom stereocenters. The third-order valence-electron chi connectivity index (χ3n) is 5.07. The Balaban J connectivity index is 1.97. The molecule has 0 radical (unpaired) electrons. The fourth-order valence-corrected chi connectivity index (χ4v) is 4.61. The zero-order valence-corrected chi connectivity index (χ0v) is 16.5. The van der Waals surface area contributed by atoms with Crippen LogP contribution in [0, 0.1) is 6.92 Å². The number of hydrogen-bond donors (Lipinski definition) is 2. The van der Waals surface area contributed by atoms with E-state index in [0.29, 0.717) is 33.6 Å². The lowest BCUT2D eigenvalue weighted by Crippen LogP contribution is -2.40. The van der Waals surface area contributed by atoms with Crippen LogP contribution in [-0.4, -0.2) is 32.6 Å². The predicted octanol–water partition coefficient (Wildman–Crippen LogP) is 2.87. The fraction of sp³-hybridized carbons (Fsp3) is 0.579. The summed E-state index contributed by atoms with van der Waals surface area (Å²) in [5.74, 6) is -0.705. The van der Waals surface area contributed by atoms with Gasteiger partial charge in [-0.1, -0.05) is 26.2 Å². The van der Waals surface area contributed by atoms with Crippen molar-refractivity contribution in [3.05, 3.63) is 26.6 Å². The number of rotatable bonds is 6. The van der Waals surface area contributed by atoms with E-state index in [1.807, 2.05) is 6.92 Å². The number of aliphatic carboxylic acids is 1. The van der Waals surface area contributed by atoms with E-state index in [0.717, 1.165) is 44.3 Å². The second-order valence-electron chi connectivity index (χ2n) is 7.04. The summed E-state index contributed by atoms with van der Waals surface area (Å²) in [5, 5.41) is 12.4. The van der Waals surface area contributed by atoms with Crippen LogP contribution < -0.4 is 10.9 Å². The second kappa shape index (κ2) is 8.21. The molecule has 1 amide bonds. The fourth-order valence-electron chi connectivity index (χ4n) is 3.52. The van der Waals surface area contributed by atoms with Crippen molar-refractivity contribution in [2.24, 2.45) is 0 Å². The maximum absolute atomic E-state index is 13.0. The molecule has 3 rings (SSSR count). The van der Waals surface area contributed by atoms with E-state index in [1.165, 1.54) is 11.3 Å². The Labute approximate surface area is 161 Å². The third kappa shape index (κ3) is 3.90. The van der Waals surface area contributed by atoms with E-state index in [1.54, 1.807) is 11.5 Å². The van der Waals surface area contributed by atoms with Crippen molar-refractivity contribution in [1.29, 1.82) is 0 Å². The Morgan fingerprint density at radius 3 is 2.81 bits per heavy atom. The largest absolute Gasteiger partial charge is 0.480 e. The van der Waals surface area contributed by atoms with Crippen LogP contribution in [0.5, 0.6) is 0 Å². The number of nitrogens with one attached hydrogen (secondary N) is 1. The summed E-state index contributed by atoms with van der Waals surface area (Å²) in [5.41, 5.74) is 0.495. The molecule has 2 aromatic rings. The Kier molecular flexibility index (Phi) is 5.94. The van der Waals surface area contributed by atoms with Crippen molar-refractivity contribution in [2.75, 3.05) is 0 Å². The molecule has 8 heteroatoms. The molecule has 0 fully saturated rings. The highest BCUT2D eigenvalue weighted by atomic mass is 32.1. The number of aryl methyl sites for hydroxylation is 2. The number of carbonyl (C=O) groups is 2. The van der Waals surface area contributed by atoms with E-state index in [4.69, 9.17) is 0 Å². The maximum atomic E-state index is 13.0. The van der Waals surface area contributed by atoms with Gasteiger partial charge in [-0.25, -0.2) is 9.78 Å². The molecule has 0 saturated carbocycles. The molecule has 2 N–H and O–H groups in total. The summed E-state index contributed by atoms with van der Waals surface area (Å²) >= 11 is 1.17. The minimum atomic E-state index is -1.04. The zero-order chi connectivity index (χ0) is 19.6. The number of fused-ring (bicyclic) bond motifs is 2. The van der Waals surface area contributed by atoms with Gasteiger partial charge in [0.05, 0.1) is 10.3 Å². The average molecular weight is 391 g/mol. The van der Waals surface area contributed by atoms with Gasteiger partial charge in [0.2, 0.25) is 0 Å². The Hall–Kier alpha value is -2.22. The molecule has 0 bridgehead atoms. The molecule has 27 heavy (non-hydrogen) atoms. The van der Waals surface area contributed by atoms with Crippen LogP contribution in [0.1, 0.15) is 66.5 Å². The highest BCUT2D eigenvalue weighted by Gasteiger charge is 2.25. The highest BCUT2D eigenvalue weighted by molar-refractivity contribution is 7.20. The summed E-state index contributed by atoms with van der Waals surface area (Å²) in [4.78, 5) is 42.7. The van der Waals surface area contributed by atoms with E-state index >= 15 is 0 Å². The number of amides is 1. The van der Waals surface area contributed by atoms with Crippen molar-refractivity contribution in [1.82, 2.24) is 14.9 Å². The van der Waals surface area contributed by atoms with Gasteiger partial charge in [0.1, 0.15) is 16.7 Å². The summed E-state index contributed by atoms with van der Waals surface area (Å²) in [6, 6.07) is -0.923. The van der Waals surface area contributed by atoms with Crippen LogP contribution in [0.2, 0.25) is 0 Å². The Morgan fingerprint density at radius 2 is 2.11 bits per heavy atom. The van der Waals surface area contributed by atoms with Gasteiger partial charge in [-0.05, 0) is 31.7 Å². The molecule has 3 heterocycles. The van der Waals surface area contributed by atoms with Gasteiger partial charge in [-0.3, -0.25) is 14.2 Å². The van der Waals surface area contributed by atoms with E-state index in [9.17, 15) is 19.5 Å². The van der Waals surface area contributed by atoms with Gasteiger partial charge < -0.3 is 10.4 Å². The Bertz CT molecular complexity index is 931. The van der Waals surface area contributed by atoms with Gasteiger partial charge in [0, 0.05) is 13.0 Å². The quantitative estimate of drug-likeness (QED) is 0.788. The lowest BCUT2D eigenvalue weighted by molar-refractivity contribution is -0.139. The molecule has 1 aliphatic rings. The number of unbranched alkanes of at least 4 members (excludes halogenated alkanes) is 1. The summed E-state index contributed by atoms with van der Waals surface area (Å²) < 4.78 is 1.73. The molecule has 0 saturated heterocycles. The van der Waals surface area contributed by atoms with E-state index < -0.39 is 17.9 Å². The lowest BCUT2D eigenvalue weighted by Gasteiger charge is -2.13. The number of nitrogens with zero attached hydrogens (tertiary/aromatic N) is 2. The topological polar surface area (TPSA) is 101 Å². The monoisotopic (exact) mass is 391 g/mol. The van der Waals surface area contributed by atoms with Crippen LogP contribution in [-0.2, 0) is 17.8 Å². The molecule has 0 aromatic carbocycles. The first-order chi connectivity index (χ1) is 12.9. The second-order valence-corrected chi connectivity index (χ2v) is 8.04. The van der Waals surface area contributed by atoms with Crippen LogP contribution in [0.3, 0.4) is 0 Å². The first-order valence-corrected chi connectivity index (χ1v) is 10.3. The highest BCUT2D eigenvalue weighted by Crippen LogP contribution is 2.28. The molecular weight excluding hydrogens is 366 g/mol. The number of aromatic nitrogens is 2. The summed E-state index contributed by atoms with van der Waals surface area (Å²) in [7, 11) is 0. The molecular formula is C19H25N3O4S. The zero-order valence-electron chi connectivity index (χ0n) is 15.7. The number of carboxylic acid groups (broad SMARTS) is 1. The van der Waals surface area contributed by atoms with Gasteiger partial charge in [-0.2, -0.15) is 0 Å². The van der Waals surface area contributed by atoms with Crippen LogP contribution >= 0.6 is 11.3 Å². The third-order valence-corrected chi connectivity index (χ3v) is 6.25. The average Bonchev–Trinajstić information content (AvgIpc) is 2.80. The Morgan fingerprint density at radius 1 is 1.33 bits per heavy atom. The predicted molar refractivity (Wildman–Crippen MR) is 105 cm³/mol. The number of carboxylic acids is 1. The minimum Gasteiger partial charge on any atom is -0.480 e. The van der Waals surface area contributed by atoms with Gasteiger partial charge in [0.15, 0.2) is 0 Å². The first-order valence-electron chi connectivity index (χ1n) is 9.50. The van der Waals surface area contributed by atoms with Crippen LogP contribution in [0.25, 0.3) is 10.2 Å². The molecule has 0 aliphatic carbocycles. The summed E-state index contributed by atoms with van der Waals surface area (Å²) in [6.07, 6.45) is 5.77. The number of thiophene rings is 1. The van der Waals surface area contributed by atoms with Crippen molar-refractivity contribution in [3.8, 4) is 0 Å². The molecule has 146 valence electrons. The normalized spacial score (nSPS) is 15.2. The van der Waals surface area contributed by atoms with E-state index in [-0.39, 0.29) is 5.56 Å².